The molecule has 274 valence electrons. The second kappa shape index (κ2) is 16.1. The second-order valence-corrected chi connectivity index (χ2v) is 16.2. The van der Waals surface area contributed by atoms with Gasteiger partial charge in [-0.15, -0.1) is 0 Å². The Kier molecular flexibility index (Phi) is 12.3. The van der Waals surface area contributed by atoms with E-state index in [1.54, 1.807) is 0 Å². The van der Waals surface area contributed by atoms with Gasteiger partial charge in [0.1, 0.15) is 12.6 Å². The molecule has 5 N–H and O–H groups in total. The predicted octanol–water partition coefficient (Wildman–Crippen LogP) is 5.12. The third kappa shape index (κ3) is 8.12. The van der Waals surface area contributed by atoms with Gasteiger partial charge in [0.2, 0.25) is 5.91 Å². The molecular formula is C39H60N2O8. The minimum absolute atomic E-state index is 0.0360. The largest absolute Gasteiger partial charge is 0.467 e. The Morgan fingerprint density at radius 2 is 1.71 bits per heavy atom. The van der Waals surface area contributed by atoms with E-state index in [-0.39, 0.29) is 71.4 Å². The molecule has 3 unspecified atom stereocenters. The molecule has 12 atom stereocenters. The number of amides is 2. The number of unbranched alkanes of at least 4 members (excludes halogenated alkanes) is 1. The number of ether oxygens (including phenoxy) is 2. The molecule has 5 rings (SSSR count). The highest BCUT2D eigenvalue weighted by Gasteiger charge is 2.65. The number of carbonyl (C=O) groups excluding carboxylic acids is 3. The Balaban J connectivity index is 1.08. The number of rotatable bonds is 13. The van der Waals surface area contributed by atoms with Gasteiger partial charge in [-0.1, -0.05) is 51.1 Å². The zero-order valence-electron chi connectivity index (χ0n) is 29.9. The van der Waals surface area contributed by atoms with Crippen LogP contribution in [0.15, 0.2) is 30.3 Å². The molecular weight excluding hydrogens is 624 g/mol. The van der Waals surface area contributed by atoms with E-state index >= 15 is 0 Å². The number of hydrogen-bond donors (Lipinski definition) is 5. The van der Waals surface area contributed by atoms with Crippen LogP contribution in [0.25, 0.3) is 0 Å². The summed E-state index contributed by atoms with van der Waals surface area (Å²) in [6, 6.07) is 8.68. The van der Waals surface area contributed by atoms with Gasteiger partial charge in [-0.2, -0.15) is 0 Å². The molecule has 0 saturated heterocycles. The van der Waals surface area contributed by atoms with Crippen molar-refractivity contribution in [2.24, 2.45) is 46.3 Å². The molecule has 4 fully saturated rings. The summed E-state index contributed by atoms with van der Waals surface area (Å²) in [5.74, 6) is 0.652. The van der Waals surface area contributed by atoms with Crippen molar-refractivity contribution in [3.63, 3.8) is 0 Å². The van der Waals surface area contributed by atoms with Gasteiger partial charge in [-0.3, -0.25) is 4.79 Å². The van der Waals surface area contributed by atoms with Crippen molar-refractivity contribution in [2.75, 3.05) is 13.7 Å². The maximum absolute atomic E-state index is 13.1. The molecule has 0 aromatic heterocycles. The summed E-state index contributed by atoms with van der Waals surface area (Å²) in [7, 11) is 1.31. The van der Waals surface area contributed by atoms with Crippen LogP contribution in [0.3, 0.4) is 0 Å². The summed E-state index contributed by atoms with van der Waals surface area (Å²) in [5, 5.41) is 39.4. The number of aliphatic hydroxyl groups excluding tert-OH is 3. The lowest BCUT2D eigenvalue weighted by atomic mass is 9.43. The van der Waals surface area contributed by atoms with E-state index in [0.717, 1.165) is 44.1 Å². The first-order chi connectivity index (χ1) is 23.4. The van der Waals surface area contributed by atoms with Crippen LogP contribution in [-0.2, 0) is 25.7 Å². The molecule has 1 aromatic rings. The summed E-state index contributed by atoms with van der Waals surface area (Å²) in [4.78, 5) is 37.6. The molecule has 4 aliphatic carbocycles. The van der Waals surface area contributed by atoms with Crippen molar-refractivity contribution < 1.29 is 39.2 Å². The van der Waals surface area contributed by atoms with Crippen molar-refractivity contribution in [3.8, 4) is 0 Å². The molecule has 10 heteroatoms. The van der Waals surface area contributed by atoms with Crippen LogP contribution in [0.1, 0.15) is 103 Å². The number of nitrogens with one attached hydrogen (secondary N) is 2. The van der Waals surface area contributed by atoms with E-state index in [1.165, 1.54) is 7.11 Å². The Hall–Kier alpha value is -2.69. The average molecular weight is 685 g/mol. The third-order valence-corrected chi connectivity index (χ3v) is 13.6. The van der Waals surface area contributed by atoms with Gasteiger partial charge in [-0.05, 0) is 123 Å². The fraction of sp³-hybridized carbons (Fsp3) is 0.769. The highest BCUT2D eigenvalue weighted by atomic mass is 16.5. The lowest BCUT2D eigenvalue weighted by Gasteiger charge is -2.63. The summed E-state index contributed by atoms with van der Waals surface area (Å²) >= 11 is 0. The molecule has 49 heavy (non-hydrogen) atoms. The normalized spacial score (nSPS) is 36.3. The summed E-state index contributed by atoms with van der Waals surface area (Å²) in [6.07, 6.45) is 6.71. The first-order valence-electron chi connectivity index (χ1n) is 18.7. The minimum atomic E-state index is -0.762. The van der Waals surface area contributed by atoms with E-state index in [0.29, 0.717) is 38.6 Å². The van der Waals surface area contributed by atoms with E-state index < -0.39 is 30.3 Å². The van der Waals surface area contributed by atoms with Crippen LogP contribution < -0.4 is 10.6 Å². The molecule has 4 saturated carbocycles. The van der Waals surface area contributed by atoms with Crippen LogP contribution in [-0.4, -0.2) is 71.3 Å². The number of methoxy groups -OCH3 is 1. The van der Waals surface area contributed by atoms with Crippen LogP contribution in [0.5, 0.6) is 0 Å². The molecule has 10 nitrogen and oxygen atoms in total. The monoisotopic (exact) mass is 684 g/mol. The molecule has 0 bridgehead atoms. The highest BCUT2D eigenvalue weighted by molar-refractivity contribution is 5.84. The Bertz CT molecular complexity index is 1280. The number of carbonyl (C=O) groups is 3. The van der Waals surface area contributed by atoms with E-state index in [9.17, 15) is 29.7 Å². The van der Waals surface area contributed by atoms with Gasteiger partial charge >= 0.3 is 12.1 Å². The van der Waals surface area contributed by atoms with Crippen LogP contribution >= 0.6 is 0 Å². The quantitative estimate of drug-likeness (QED) is 0.142. The first kappa shape index (κ1) is 37.6. The van der Waals surface area contributed by atoms with Gasteiger partial charge in [-0.25, -0.2) is 9.59 Å². The number of fused-ring (bicyclic) bond motifs is 5. The highest BCUT2D eigenvalue weighted by Crippen LogP contribution is 2.68. The van der Waals surface area contributed by atoms with Gasteiger partial charge in [0.05, 0.1) is 25.4 Å². The first-order valence-corrected chi connectivity index (χ1v) is 18.7. The summed E-state index contributed by atoms with van der Waals surface area (Å²) in [5.41, 5.74) is 0.615. The fourth-order valence-electron chi connectivity index (χ4n) is 10.8. The van der Waals surface area contributed by atoms with Gasteiger partial charge in [0.25, 0.3) is 0 Å². The molecule has 0 spiro atoms. The predicted molar refractivity (Wildman–Crippen MR) is 185 cm³/mol. The van der Waals surface area contributed by atoms with Crippen LogP contribution in [0.2, 0.25) is 0 Å². The molecule has 0 radical (unpaired) electrons. The number of alkyl carbamates (subject to hydrolysis) is 1. The van der Waals surface area contributed by atoms with E-state index in [2.05, 4.69) is 31.4 Å². The maximum Gasteiger partial charge on any atom is 0.407 e. The minimum Gasteiger partial charge on any atom is -0.467 e. The topological polar surface area (TPSA) is 154 Å². The summed E-state index contributed by atoms with van der Waals surface area (Å²) < 4.78 is 10.2. The standard InChI is InChI=1S/C39H60N2O8/c1-24(13-16-34(45)41-31(36(46)48-4)12-8-9-19-40-37(47)49-23-25-10-6-5-7-11-25)28-14-15-29-35-30(22-33(44)39(28,29)3)38(2)18-17-27(42)20-26(38)21-32(35)43/h5-7,10-11,24,26-33,35,42-44H,8-9,12-23H2,1-4H3,(H,40,47)(H,41,45)/t24-,26+,27-,28-,29?,30?,31+,32-,33+,35?,38+,39-/m1/s1. The average Bonchev–Trinajstić information content (AvgIpc) is 3.45. The molecule has 0 aliphatic heterocycles. The number of aliphatic hydroxyl groups is 3. The molecule has 4 aliphatic rings. The Labute approximate surface area is 292 Å². The zero-order valence-corrected chi connectivity index (χ0v) is 29.9. The van der Waals surface area contributed by atoms with Crippen LogP contribution in [0.4, 0.5) is 4.79 Å². The fourth-order valence-corrected chi connectivity index (χ4v) is 10.8. The molecule has 1 aromatic carbocycles. The maximum atomic E-state index is 13.1. The van der Waals surface area contributed by atoms with Gasteiger partial charge < -0.3 is 35.4 Å². The zero-order chi connectivity index (χ0) is 35.3. The van der Waals surface area contributed by atoms with E-state index in [4.69, 9.17) is 9.47 Å². The summed E-state index contributed by atoms with van der Waals surface area (Å²) in [6.45, 7) is 7.33. The van der Waals surface area contributed by atoms with Crippen molar-refractivity contribution in [2.45, 2.75) is 129 Å². The SMILES string of the molecule is COC(=O)[C@H](CCCCNC(=O)OCc1ccccc1)NC(=O)CC[C@@H](C)[C@H]1CCC2C3C(C[C@H](O)[C@@]21C)[C@@]1(C)CC[C@@H](O)C[C@H]1C[C@H]3O. The lowest BCUT2D eigenvalue weighted by Crippen LogP contribution is -2.62. The number of esters is 1. The number of benzene rings is 1. The number of hydrogen-bond acceptors (Lipinski definition) is 8. The van der Waals surface area contributed by atoms with Crippen molar-refractivity contribution in [1.82, 2.24) is 10.6 Å². The van der Waals surface area contributed by atoms with Gasteiger partial charge in [0.15, 0.2) is 0 Å². The Morgan fingerprint density at radius 1 is 0.959 bits per heavy atom. The third-order valence-electron chi connectivity index (χ3n) is 13.6. The molecule has 2 amide bonds. The lowest BCUT2D eigenvalue weighted by molar-refractivity contribution is -0.207. The molecule has 0 heterocycles. The van der Waals surface area contributed by atoms with Crippen molar-refractivity contribution >= 4 is 18.0 Å². The van der Waals surface area contributed by atoms with Crippen molar-refractivity contribution in [1.29, 1.82) is 0 Å². The second-order valence-electron chi connectivity index (χ2n) is 16.2. The van der Waals surface area contributed by atoms with E-state index in [1.807, 2.05) is 30.3 Å². The smallest absolute Gasteiger partial charge is 0.407 e. The Morgan fingerprint density at radius 3 is 2.45 bits per heavy atom. The van der Waals surface area contributed by atoms with Crippen molar-refractivity contribution in [3.05, 3.63) is 35.9 Å². The van der Waals surface area contributed by atoms with Gasteiger partial charge in [0, 0.05) is 13.0 Å². The van der Waals surface area contributed by atoms with Crippen LogP contribution in [0, 0.1) is 46.3 Å².